The van der Waals surface area contributed by atoms with Gasteiger partial charge in [0.05, 0.1) is 19.0 Å². The van der Waals surface area contributed by atoms with Crippen molar-refractivity contribution in [3.8, 4) is 6.07 Å². The third-order valence-electron chi connectivity index (χ3n) is 5.03. The second kappa shape index (κ2) is 9.99. The van der Waals surface area contributed by atoms with Crippen LogP contribution >= 0.6 is 11.8 Å². The highest BCUT2D eigenvalue weighted by Gasteiger charge is 2.29. The smallest absolute Gasteiger partial charge is 0.241 e. The Labute approximate surface area is 162 Å². The molecule has 1 saturated carbocycles. The van der Waals surface area contributed by atoms with Gasteiger partial charge in [0.1, 0.15) is 0 Å². The molecule has 142 valence electrons. The van der Waals surface area contributed by atoms with Gasteiger partial charge in [-0.25, -0.2) is 0 Å². The van der Waals surface area contributed by atoms with Crippen LogP contribution in [0.15, 0.2) is 18.2 Å². The quantitative estimate of drug-likeness (QED) is 0.686. The van der Waals surface area contributed by atoms with E-state index >= 15 is 0 Å². The summed E-state index contributed by atoms with van der Waals surface area (Å²) < 4.78 is 0. The topological polar surface area (TPSA) is 47.3 Å². The summed E-state index contributed by atoms with van der Waals surface area (Å²) in [6.45, 7) is 7.15. The minimum atomic E-state index is 0.0827. The lowest BCUT2D eigenvalue weighted by Gasteiger charge is -2.28. The van der Waals surface area contributed by atoms with Gasteiger partial charge >= 0.3 is 0 Å². The second-order valence-electron chi connectivity index (χ2n) is 7.26. The Morgan fingerprint density at radius 1 is 1.27 bits per heavy atom. The minimum Gasteiger partial charge on any atom is -0.310 e. The van der Waals surface area contributed by atoms with Crippen molar-refractivity contribution in [3.63, 3.8) is 0 Å². The van der Waals surface area contributed by atoms with Crippen LogP contribution in [0.25, 0.3) is 0 Å². The van der Waals surface area contributed by atoms with Gasteiger partial charge in [0.2, 0.25) is 5.91 Å². The Morgan fingerprint density at radius 3 is 2.58 bits per heavy atom. The molecule has 0 aromatic heterocycles. The van der Waals surface area contributed by atoms with E-state index in [1.807, 2.05) is 37.7 Å². The maximum absolute atomic E-state index is 13.0. The van der Waals surface area contributed by atoms with E-state index in [4.69, 9.17) is 5.26 Å². The number of carbonyl (C=O) groups excluding carboxylic acids is 1. The number of hydrogen-bond acceptors (Lipinski definition) is 4. The maximum atomic E-state index is 13.0. The minimum absolute atomic E-state index is 0.0827. The molecule has 1 aromatic carbocycles. The second-order valence-corrected chi connectivity index (χ2v) is 8.84. The van der Waals surface area contributed by atoms with Crippen molar-refractivity contribution < 1.29 is 4.79 Å². The lowest BCUT2D eigenvalue weighted by atomic mass is 10.1. The lowest BCUT2D eigenvalue weighted by molar-refractivity contribution is -0.119. The van der Waals surface area contributed by atoms with Gasteiger partial charge in [0.15, 0.2) is 0 Å². The third-order valence-corrected chi connectivity index (χ3v) is 6.27. The average Bonchev–Trinajstić information content (AvgIpc) is 3.03. The zero-order valence-corrected chi connectivity index (χ0v) is 17.3. The van der Waals surface area contributed by atoms with Crippen LogP contribution in [-0.2, 0) is 4.79 Å². The number of rotatable bonds is 8. The first-order chi connectivity index (χ1) is 12.4. The van der Waals surface area contributed by atoms with Crippen LogP contribution in [0.4, 0.5) is 5.69 Å². The van der Waals surface area contributed by atoms with Crippen LogP contribution in [0.3, 0.4) is 0 Å². The molecule has 4 nitrogen and oxygen atoms in total. The van der Waals surface area contributed by atoms with E-state index in [1.165, 1.54) is 19.3 Å². The molecule has 5 heteroatoms. The van der Waals surface area contributed by atoms with Gasteiger partial charge in [0.25, 0.3) is 0 Å². The normalized spacial score (nSPS) is 19.5. The number of hydrogen-bond donors (Lipinski definition) is 0. The van der Waals surface area contributed by atoms with Crippen molar-refractivity contribution in [3.05, 3.63) is 29.3 Å². The Morgan fingerprint density at radius 2 is 1.96 bits per heavy atom. The van der Waals surface area contributed by atoms with E-state index in [1.54, 1.807) is 4.90 Å². The highest BCUT2D eigenvalue weighted by molar-refractivity contribution is 7.99. The lowest BCUT2D eigenvalue weighted by Crippen LogP contribution is -2.42. The van der Waals surface area contributed by atoms with E-state index < -0.39 is 0 Å². The molecule has 0 heterocycles. The summed E-state index contributed by atoms with van der Waals surface area (Å²) in [4.78, 5) is 17.0. The molecule has 26 heavy (non-hydrogen) atoms. The molecule has 0 spiro atoms. The number of thioether (sulfide) groups is 1. The zero-order valence-electron chi connectivity index (χ0n) is 16.5. The molecule has 2 rings (SSSR count). The molecular formula is C21H31N3OS. The van der Waals surface area contributed by atoms with Gasteiger partial charge in [0, 0.05) is 23.5 Å². The molecule has 0 aliphatic heterocycles. The summed E-state index contributed by atoms with van der Waals surface area (Å²) in [7, 11) is 2.06. The van der Waals surface area contributed by atoms with Gasteiger partial charge in [-0.2, -0.15) is 17.0 Å². The molecule has 0 N–H and O–H groups in total. The van der Waals surface area contributed by atoms with E-state index in [2.05, 4.69) is 31.0 Å². The number of nitrogens with zero attached hydrogens (tertiary/aromatic N) is 3. The van der Waals surface area contributed by atoms with Crippen molar-refractivity contribution in [2.45, 2.75) is 57.7 Å². The molecule has 1 aromatic rings. The summed E-state index contributed by atoms with van der Waals surface area (Å²) in [5.41, 5.74) is 3.18. The fraction of sp³-hybridized carbons (Fsp3) is 0.619. The van der Waals surface area contributed by atoms with Crippen molar-refractivity contribution in [2.24, 2.45) is 0 Å². The van der Waals surface area contributed by atoms with Crippen LogP contribution < -0.4 is 4.90 Å². The number of likely N-dealkylation sites (N-methyl/N-ethyl adjacent to an activating group) is 1. The van der Waals surface area contributed by atoms with Crippen LogP contribution in [-0.4, -0.2) is 48.0 Å². The number of benzene rings is 1. The summed E-state index contributed by atoms with van der Waals surface area (Å²) in [5, 5.41) is 9.72. The van der Waals surface area contributed by atoms with Crippen LogP contribution in [0, 0.1) is 25.2 Å². The Hall–Kier alpha value is -1.51. The highest BCUT2D eigenvalue weighted by atomic mass is 32.2. The van der Waals surface area contributed by atoms with Gasteiger partial charge in [-0.05, 0) is 69.2 Å². The molecule has 0 radical (unpaired) electrons. The molecular weight excluding hydrogens is 342 g/mol. The largest absolute Gasteiger partial charge is 0.310 e. The maximum Gasteiger partial charge on any atom is 0.241 e. The number of anilines is 1. The number of aryl methyl sites for hydroxylation is 2. The number of amides is 1. The van der Waals surface area contributed by atoms with E-state index in [9.17, 15) is 4.79 Å². The molecule has 0 bridgehead atoms. The van der Waals surface area contributed by atoms with Gasteiger partial charge < -0.3 is 4.90 Å². The monoisotopic (exact) mass is 373 g/mol. The van der Waals surface area contributed by atoms with Crippen LogP contribution in [0.2, 0.25) is 0 Å². The van der Waals surface area contributed by atoms with Crippen LogP contribution in [0.1, 0.15) is 43.7 Å². The van der Waals surface area contributed by atoms with E-state index in [0.29, 0.717) is 25.6 Å². The fourth-order valence-electron chi connectivity index (χ4n) is 3.80. The summed E-state index contributed by atoms with van der Waals surface area (Å²) >= 11 is 2.04. The number of carbonyl (C=O) groups is 1. The zero-order chi connectivity index (χ0) is 19.1. The first-order valence-electron chi connectivity index (χ1n) is 9.52. The van der Waals surface area contributed by atoms with Gasteiger partial charge in [-0.1, -0.05) is 13.0 Å². The summed E-state index contributed by atoms with van der Waals surface area (Å²) in [5.74, 6) is 1.24. The molecule has 1 fully saturated rings. The van der Waals surface area contributed by atoms with Crippen molar-refractivity contribution >= 4 is 23.4 Å². The fourth-order valence-corrected chi connectivity index (χ4v) is 4.93. The number of nitriles is 1. The molecule has 2 atom stereocenters. The van der Waals surface area contributed by atoms with Gasteiger partial charge in [-0.15, -0.1) is 0 Å². The Kier molecular flexibility index (Phi) is 7.99. The van der Waals surface area contributed by atoms with Gasteiger partial charge in [-0.3, -0.25) is 9.69 Å². The van der Waals surface area contributed by atoms with Crippen molar-refractivity contribution in [1.82, 2.24) is 4.90 Å². The summed E-state index contributed by atoms with van der Waals surface area (Å²) in [6, 6.07) is 8.83. The Balaban J connectivity index is 2.05. The third kappa shape index (κ3) is 5.75. The molecule has 0 unspecified atom stereocenters. The predicted octanol–water partition coefficient (Wildman–Crippen LogP) is 4.16. The highest BCUT2D eigenvalue weighted by Crippen LogP contribution is 2.32. The Bertz CT molecular complexity index is 635. The molecule has 1 amide bonds. The summed E-state index contributed by atoms with van der Waals surface area (Å²) in [6.07, 6.45) is 3.94. The van der Waals surface area contributed by atoms with Crippen molar-refractivity contribution in [1.29, 1.82) is 5.26 Å². The average molecular weight is 374 g/mol. The molecule has 0 saturated heterocycles. The first kappa shape index (κ1) is 20.8. The SMILES string of the molecule is CCS[C@H]1CC[C@H](N(C)CC(=O)N(CCC#N)c2cc(C)cc(C)c2)C1. The first-order valence-corrected chi connectivity index (χ1v) is 10.6. The van der Waals surface area contributed by atoms with E-state index in [0.717, 1.165) is 27.8 Å². The standard InChI is InChI=1S/C21H31N3OS/c1-5-26-20-8-7-18(14-20)23(4)15-21(25)24(10-6-9-22)19-12-16(2)11-17(3)13-19/h11-13,18,20H,5-8,10,14-15H2,1-4H3/t18-,20-/m0/s1. The van der Waals surface area contributed by atoms with Crippen molar-refractivity contribution in [2.75, 3.05) is 30.8 Å². The molecule has 1 aliphatic carbocycles. The molecule has 1 aliphatic rings. The van der Waals surface area contributed by atoms with E-state index in [-0.39, 0.29) is 5.91 Å². The van der Waals surface area contributed by atoms with Crippen LogP contribution in [0.5, 0.6) is 0 Å². The predicted molar refractivity (Wildman–Crippen MR) is 111 cm³/mol.